The highest BCUT2D eigenvalue weighted by Crippen LogP contribution is 2.42. The van der Waals surface area contributed by atoms with Gasteiger partial charge < -0.3 is 10.8 Å². The molecule has 1 fully saturated rings. The lowest BCUT2D eigenvalue weighted by Crippen LogP contribution is -2.25. The first-order valence-corrected chi connectivity index (χ1v) is 5.06. The van der Waals surface area contributed by atoms with E-state index in [0.29, 0.717) is 5.92 Å². The molecule has 2 rings (SSSR count). The van der Waals surface area contributed by atoms with Gasteiger partial charge in [0.15, 0.2) is 0 Å². The van der Waals surface area contributed by atoms with E-state index in [-0.39, 0.29) is 6.04 Å². The van der Waals surface area contributed by atoms with Crippen LogP contribution < -0.4 is 5.73 Å². The summed E-state index contributed by atoms with van der Waals surface area (Å²) in [5, 5.41) is 14.1. The minimum Gasteiger partial charge on any atom is -0.387 e. The van der Waals surface area contributed by atoms with Crippen molar-refractivity contribution in [3.63, 3.8) is 0 Å². The van der Waals surface area contributed by atoms with E-state index in [9.17, 15) is 5.11 Å². The molecule has 2 unspecified atom stereocenters. The summed E-state index contributed by atoms with van der Waals surface area (Å²) in [5.41, 5.74) is 7.75. The second-order valence-electron chi connectivity index (χ2n) is 4.19. The summed E-state index contributed by atoms with van der Waals surface area (Å²) < 4.78 is 1.86. The summed E-state index contributed by atoms with van der Waals surface area (Å²) in [6, 6.07) is -0.239. The number of aliphatic hydroxyl groups excluding tert-OH is 1. The van der Waals surface area contributed by atoms with Crippen molar-refractivity contribution in [3.8, 4) is 0 Å². The molecule has 0 aliphatic heterocycles. The van der Waals surface area contributed by atoms with Gasteiger partial charge in [0, 0.05) is 30.3 Å². The minimum absolute atomic E-state index is 0.239. The van der Waals surface area contributed by atoms with Gasteiger partial charge in [-0.15, -0.1) is 0 Å². The Hall–Kier alpha value is -0.870. The smallest absolute Gasteiger partial charge is 0.0971 e. The van der Waals surface area contributed by atoms with Gasteiger partial charge in [0.25, 0.3) is 0 Å². The molecule has 1 saturated carbocycles. The first-order valence-electron chi connectivity index (χ1n) is 5.06. The maximum Gasteiger partial charge on any atom is 0.0971 e. The first kappa shape index (κ1) is 9.68. The van der Waals surface area contributed by atoms with Gasteiger partial charge in [0.05, 0.1) is 12.3 Å². The second-order valence-corrected chi connectivity index (χ2v) is 4.19. The average molecular weight is 195 g/mol. The monoisotopic (exact) mass is 195 g/mol. The molecule has 78 valence electrons. The summed E-state index contributed by atoms with van der Waals surface area (Å²) in [7, 11) is 1.92. The molecule has 2 atom stereocenters. The van der Waals surface area contributed by atoms with E-state index in [0.717, 1.165) is 11.3 Å². The van der Waals surface area contributed by atoms with Gasteiger partial charge in [-0.1, -0.05) is 0 Å². The Morgan fingerprint density at radius 3 is 2.79 bits per heavy atom. The molecule has 0 spiro atoms. The van der Waals surface area contributed by atoms with E-state index >= 15 is 0 Å². The van der Waals surface area contributed by atoms with Gasteiger partial charge in [-0.2, -0.15) is 5.10 Å². The predicted molar refractivity (Wildman–Crippen MR) is 53.8 cm³/mol. The van der Waals surface area contributed by atoms with Crippen molar-refractivity contribution in [3.05, 3.63) is 17.5 Å². The molecule has 0 amide bonds. The Morgan fingerprint density at radius 2 is 2.29 bits per heavy atom. The Morgan fingerprint density at radius 1 is 1.64 bits per heavy atom. The quantitative estimate of drug-likeness (QED) is 0.745. The van der Waals surface area contributed by atoms with Crippen molar-refractivity contribution in [2.45, 2.75) is 37.8 Å². The molecule has 14 heavy (non-hydrogen) atoms. The van der Waals surface area contributed by atoms with Crippen molar-refractivity contribution < 1.29 is 5.11 Å². The molecule has 4 nitrogen and oxygen atoms in total. The van der Waals surface area contributed by atoms with E-state index < -0.39 is 6.10 Å². The van der Waals surface area contributed by atoms with Crippen LogP contribution in [0.15, 0.2) is 6.20 Å². The molecule has 0 aromatic carbocycles. The predicted octanol–water partition coefficient (Wildman–Crippen LogP) is 0.678. The van der Waals surface area contributed by atoms with Crippen LogP contribution in [0.3, 0.4) is 0 Å². The standard InChI is InChI=1S/C10H17N3O/c1-6(11)10(14)8-5-12-13(2)9(8)7-3-4-7/h5-7,10,14H,3-4,11H2,1-2H3. The molecule has 1 aliphatic carbocycles. The number of hydrogen-bond acceptors (Lipinski definition) is 3. The van der Waals surface area contributed by atoms with E-state index in [1.807, 2.05) is 18.7 Å². The van der Waals surface area contributed by atoms with Crippen LogP contribution in [-0.2, 0) is 7.05 Å². The zero-order valence-electron chi connectivity index (χ0n) is 8.64. The normalized spacial score (nSPS) is 20.9. The van der Waals surface area contributed by atoms with Crippen molar-refractivity contribution in [1.82, 2.24) is 9.78 Å². The van der Waals surface area contributed by atoms with Crippen LogP contribution in [0, 0.1) is 0 Å². The number of hydrogen-bond donors (Lipinski definition) is 2. The molecule has 0 radical (unpaired) electrons. The van der Waals surface area contributed by atoms with Gasteiger partial charge in [0.2, 0.25) is 0 Å². The van der Waals surface area contributed by atoms with Crippen molar-refractivity contribution >= 4 is 0 Å². The number of aliphatic hydroxyl groups is 1. The summed E-state index contributed by atoms with van der Waals surface area (Å²) in [5.74, 6) is 0.589. The number of nitrogens with two attached hydrogens (primary N) is 1. The third kappa shape index (κ3) is 1.55. The van der Waals surface area contributed by atoms with Crippen LogP contribution >= 0.6 is 0 Å². The topological polar surface area (TPSA) is 64.1 Å². The van der Waals surface area contributed by atoms with E-state index in [1.165, 1.54) is 12.8 Å². The lowest BCUT2D eigenvalue weighted by Gasteiger charge is -2.15. The SMILES string of the molecule is CC(N)C(O)c1cnn(C)c1C1CC1. The third-order valence-corrected chi connectivity index (χ3v) is 2.80. The summed E-state index contributed by atoms with van der Waals surface area (Å²) >= 11 is 0. The molecule has 0 saturated heterocycles. The fourth-order valence-corrected chi connectivity index (χ4v) is 1.83. The lowest BCUT2D eigenvalue weighted by molar-refractivity contribution is 0.152. The maximum atomic E-state index is 9.89. The van der Waals surface area contributed by atoms with Crippen LogP contribution in [0.1, 0.15) is 43.0 Å². The molecule has 3 N–H and O–H groups in total. The largest absolute Gasteiger partial charge is 0.387 e. The summed E-state index contributed by atoms with van der Waals surface area (Å²) in [4.78, 5) is 0. The Bertz CT molecular complexity index is 328. The zero-order chi connectivity index (χ0) is 10.3. The number of aryl methyl sites for hydroxylation is 1. The van der Waals surface area contributed by atoms with Gasteiger partial charge in [-0.3, -0.25) is 4.68 Å². The fraction of sp³-hybridized carbons (Fsp3) is 0.700. The Balaban J connectivity index is 2.32. The molecule has 1 heterocycles. The van der Waals surface area contributed by atoms with E-state index in [1.54, 1.807) is 6.20 Å². The minimum atomic E-state index is -0.584. The first-order chi connectivity index (χ1) is 6.61. The van der Waals surface area contributed by atoms with Crippen LogP contribution in [0.4, 0.5) is 0 Å². The molecule has 1 aromatic heterocycles. The molecular formula is C10H17N3O. The van der Waals surface area contributed by atoms with Crippen LogP contribution in [0.25, 0.3) is 0 Å². The Labute approximate surface area is 83.7 Å². The van der Waals surface area contributed by atoms with Gasteiger partial charge in [-0.25, -0.2) is 0 Å². The van der Waals surface area contributed by atoms with Crippen molar-refractivity contribution in [1.29, 1.82) is 0 Å². The van der Waals surface area contributed by atoms with Crippen LogP contribution in [-0.4, -0.2) is 20.9 Å². The van der Waals surface area contributed by atoms with E-state index in [4.69, 9.17) is 5.73 Å². The van der Waals surface area contributed by atoms with Crippen molar-refractivity contribution in [2.24, 2.45) is 12.8 Å². The van der Waals surface area contributed by atoms with Gasteiger partial charge >= 0.3 is 0 Å². The highest BCUT2D eigenvalue weighted by Gasteiger charge is 2.32. The third-order valence-electron chi connectivity index (χ3n) is 2.80. The summed E-state index contributed by atoms with van der Waals surface area (Å²) in [6.07, 6.45) is 3.57. The fourth-order valence-electron chi connectivity index (χ4n) is 1.83. The average Bonchev–Trinajstić information content (AvgIpc) is 2.89. The maximum absolute atomic E-state index is 9.89. The van der Waals surface area contributed by atoms with Crippen LogP contribution in [0.2, 0.25) is 0 Å². The molecular weight excluding hydrogens is 178 g/mol. The summed E-state index contributed by atoms with van der Waals surface area (Å²) in [6.45, 7) is 1.81. The Kier molecular flexibility index (Phi) is 2.33. The second kappa shape index (κ2) is 3.37. The highest BCUT2D eigenvalue weighted by atomic mass is 16.3. The number of aromatic nitrogens is 2. The highest BCUT2D eigenvalue weighted by molar-refractivity contribution is 5.28. The van der Waals surface area contributed by atoms with Gasteiger partial charge in [0.1, 0.15) is 0 Å². The molecule has 1 aliphatic rings. The van der Waals surface area contributed by atoms with Crippen molar-refractivity contribution in [2.75, 3.05) is 0 Å². The van der Waals surface area contributed by atoms with E-state index in [2.05, 4.69) is 5.10 Å². The lowest BCUT2D eigenvalue weighted by atomic mass is 10.0. The molecule has 1 aromatic rings. The zero-order valence-corrected chi connectivity index (χ0v) is 8.64. The van der Waals surface area contributed by atoms with Crippen LogP contribution in [0.5, 0.6) is 0 Å². The molecule has 4 heteroatoms. The molecule has 0 bridgehead atoms. The number of rotatable bonds is 3. The van der Waals surface area contributed by atoms with Gasteiger partial charge in [-0.05, 0) is 19.8 Å². The number of nitrogens with zero attached hydrogens (tertiary/aromatic N) is 2.